The van der Waals surface area contributed by atoms with Crippen LogP contribution in [0.1, 0.15) is 19.4 Å². The number of aliphatic hydroxyl groups is 1. The van der Waals surface area contributed by atoms with Crippen molar-refractivity contribution in [3.63, 3.8) is 0 Å². The van der Waals surface area contributed by atoms with E-state index in [9.17, 15) is 5.11 Å². The third kappa shape index (κ3) is 2.49. The summed E-state index contributed by atoms with van der Waals surface area (Å²) in [6.45, 7) is 3.60. The average Bonchev–Trinajstić information content (AvgIpc) is 2.64. The fourth-order valence-electron chi connectivity index (χ4n) is 1.77. The Morgan fingerprint density at radius 1 is 1.25 bits per heavy atom. The van der Waals surface area contributed by atoms with E-state index in [1.54, 1.807) is 20.0 Å². The third-order valence-electron chi connectivity index (χ3n) is 2.40. The number of aromatic amines is 1. The number of benzene rings is 1. The van der Waals surface area contributed by atoms with E-state index in [0.717, 1.165) is 16.8 Å². The first-order valence-electron chi connectivity index (χ1n) is 5.36. The summed E-state index contributed by atoms with van der Waals surface area (Å²) in [5, 5.41) is 16.8. The van der Waals surface area contributed by atoms with Gasteiger partial charge in [-0.05, 0) is 19.4 Å². The van der Waals surface area contributed by atoms with Gasteiger partial charge in [0.1, 0.15) is 0 Å². The molecule has 2 rings (SSSR count). The Bertz CT molecular complexity index is 454. The molecule has 0 aliphatic carbocycles. The van der Waals surface area contributed by atoms with Gasteiger partial charge in [0.05, 0.1) is 17.5 Å². The van der Waals surface area contributed by atoms with E-state index in [2.05, 4.69) is 10.2 Å². The molecule has 0 spiro atoms. The van der Waals surface area contributed by atoms with Gasteiger partial charge in [-0.3, -0.25) is 5.10 Å². The lowest BCUT2D eigenvalue weighted by atomic mass is 9.97. The van der Waals surface area contributed by atoms with Crippen LogP contribution in [0, 0.1) is 0 Å². The molecule has 0 amide bonds. The highest BCUT2D eigenvalue weighted by Gasteiger charge is 2.17. The number of hydrogen-bond acceptors (Lipinski definition) is 2. The first kappa shape index (κ1) is 10.9. The second kappa shape index (κ2) is 4.10. The maximum absolute atomic E-state index is 9.82. The van der Waals surface area contributed by atoms with Crippen LogP contribution in [-0.4, -0.2) is 20.9 Å². The normalized spacial score (nSPS) is 11.7. The standard InChI is InChI=1S/C13H16N2O/c1-13(2,16)8-11-9-14-15-12(11)10-6-4-3-5-7-10/h3-7,9,16H,8H2,1-2H3,(H,14,15). The number of nitrogens with one attached hydrogen (secondary N) is 1. The molecule has 3 heteroatoms. The molecule has 2 aromatic rings. The Kier molecular flexibility index (Phi) is 2.79. The molecule has 1 heterocycles. The number of nitrogens with zero attached hydrogens (tertiary/aromatic N) is 1. The summed E-state index contributed by atoms with van der Waals surface area (Å²) in [5.41, 5.74) is 2.41. The van der Waals surface area contributed by atoms with Gasteiger partial charge in [0, 0.05) is 12.0 Å². The zero-order chi connectivity index (χ0) is 11.6. The number of hydrogen-bond donors (Lipinski definition) is 2. The molecule has 16 heavy (non-hydrogen) atoms. The van der Waals surface area contributed by atoms with Gasteiger partial charge in [0.25, 0.3) is 0 Å². The first-order valence-corrected chi connectivity index (χ1v) is 5.36. The highest BCUT2D eigenvalue weighted by molar-refractivity contribution is 5.62. The Balaban J connectivity index is 2.33. The summed E-state index contributed by atoms with van der Waals surface area (Å²) >= 11 is 0. The molecule has 0 atom stereocenters. The van der Waals surface area contributed by atoms with Crippen LogP contribution >= 0.6 is 0 Å². The van der Waals surface area contributed by atoms with Gasteiger partial charge in [0.2, 0.25) is 0 Å². The van der Waals surface area contributed by atoms with Gasteiger partial charge in [-0.1, -0.05) is 30.3 Å². The monoisotopic (exact) mass is 216 g/mol. The third-order valence-corrected chi connectivity index (χ3v) is 2.40. The molecule has 0 radical (unpaired) electrons. The molecule has 0 bridgehead atoms. The smallest absolute Gasteiger partial charge is 0.0683 e. The SMILES string of the molecule is CC(C)(O)Cc1cn[nH]c1-c1ccccc1. The van der Waals surface area contributed by atoms with Crippen molar-refractivity contribution in [2.24, 2.45) is 0 Å². The summed E-state index contributed by atoms with van der Waals surface area (Å²) in [5.74, 6) is 0. The fraction of sp³-hybridized carbons (Fsp3) is 0.308. The summed E-state index contributed by atoms with van der Waals surface area (Å²) in [4.78, 5) is 0. The summed E-state index contributed by atoms with van der Waals surface area (Å²) in [7, 11) is 0. The van der Waals surface area contributed by atoms with Crippen molar-refractivity contribution < 1.29 is 5.11 Å². The van der Waals surface area contributed by atoms with Crippen molar-refractivity contribution in [1.29, 1.82) is 0 Å². The van der Waals surface area contributed by atoms with E-state index in [1.165, 1.54) is 0 Å². The van der Waals surface area contributed by atoms with E-state index < -0.39 is 5.60 Å². The van der Waals surface area contributed by atoms with Gasteiger partial charge in [-0.2, -0.15) is 5.10 Å². The lowest BCUT2D eigenvalue weighted by molar-refractivity contribution is 0.0811. The van der Waals surface area contributed by atoms with Crippen molar-refractivity contribution in [2.75, 3.05) is 0 Å². The Labute approximate surface area is 95.1 Å². The largest absolute Gasteiger partial charge is 0.390 e. The van der Waals surface area contributed by atoms with E-state index in [4.69, 9.17) is 0 Å². The Morgan fingerprint density at radius 3 is 2.56 bits per heavy atom. The molecule has 84 valence electrons. The topological polar surface area (TPSA) is 48.9 Å². The van der Waals surface area contributed by atoms with Gasteiger partial charge in [-0.15, -0.1) is 0 Å². The van der Waals surface area contributed by atoms with Crippen molar-refractivity contribution in [3.8, 4) is 11.3 Å². The fourth-order valence-corrected chi connectivity index (χ4v) is 1.77. The Hall–Kier alpha value is -1.61. The molecule has 0 saturated heterocycles. The van der Waals surface area contributed by atoms with Crippen LogP contribution in [0.25, 0.3) is 11.3 Å². The van der Waals surface area contributed by atoms with Gasteiger partial charge in [0.15, 0.2) is 0 Å². The minimum absolute atomic E-state index is 0.591. The van der Waals surface area contributed by atoms with Crippen LogP contribution in [0.15, 0.2) is 36.5 Å². The number of rotatable bonds is 3. The van der Waals surface area contributed by atoms with E-state index in [0.29, 0.717) is 6.42 Å². The van der Waals surface area contributed by atoms with Crippen molar-refractivity contribution in [3.05, 3.63) is 42.1 Å². The molecular formula is C13H16N2O. The molecule has 1 aromatic heterocycles. The lowest BCUT2D eigenvalue weighted by Gasteiger charge is -2.16. The van der Waals surface area contributed by atoms with Crippen LogP contribution in [0.4, 0.5) is 0 Å². The van der Waals surface area contributed by atoms with E-state index in [-0.39, 0.29) is 0 Å². The molecule has 0 saturated carbocycles. The summed E-state index contributed by atoms with van der Waals surface area (Å²) in [6, 6.07) is 10.0. The van der Waals surface area contributed by atoms with Crippen LogP contribution in [-0.2, 0) is 6.42 Å². The number of H-pyrrole nitrogens is 1. The molecule has 0 unspecified atom stereocenters. The van der Waals surface area contributed by atoms with Gasteiger partial charge in [-0.25, -0.2) is 0 Å². The van der Waals surface area contributed by atoms with Crippen molar-refractivity contribution in [2.45, 2.75) is 25.9 Å². The van der Waals surface area contributed by atoms with Gasteiger partial charge < -0.3 is 5.11 Å². The average molecular weight is 216 g/mol. The second-order valence-electron chi connectivity index (χ2n) is 4.63. The predicted molar refractivity (Wildman–Crippen MR) is 64.0 cm³/mol. The zero-order valence-corrected chi connectivity index (χ0v) is 9.57. The Morgan fingerprint density at radius 2 is 1.94 bits per heavy atom. The summed E-state index contributed by atoms with van der Waals surface area (Å²) in [6.07, 6.45) is 2.37. The second-order valence-corrected chi connectivity index (χ2v) is 4.63. The van der Waals surface area contributed by atoms with Crippen LogP contribution < -0.4 is 0 Å². The molecule has 1 aromatic carbocycles. The highest BCUT2D eigenvalue weighted by atomic mass is 16.3. The number of aromatic nitrogens is 2. The molecule has 0 aliphatic rings. The first-order chi connectivity index (χ1) is 7.56. The van der Waals surface area contributed by atoms with Gasteiger partial charge >= 0.3 is 0 Å². The quantitative estimate of drug-likeness (QED) is 0.827. The van der Waals surface area contributed by atoms with E-state index in [1.807, 2.05) is 30.3 Å². The predicted octanol–water partition coefficient (Wildman–Crippen LogP) is 2.39. The van der Waals surface area contributed by atoms with Crippen molar-refractivity contribution in [1.82, 2.24) is 10.2 Å². The molecular weight excluding hydrogens is 200 g/mol. The van der Waals surface area contributed by atoms with Crippen molar-refractivity contribution >= 4 is 0 Å². The van der Waals surface area contributed by atoms with E-state index >= 15 is 0 Å². The zero-order valence-electron chi connectivity index (χ0n) is 9.57. The molecule has 0 fully saturated rings. The molecule has 2 N–H and O–H groups in total. The maximum atomic E-state index is 9.82. The maximum Gasteiger partial charge on any atom is 0.0683 e. The van der Waals surface area contributed by atoms with Crippen LogP contribution in [0.5, 0.6) is 0 Å². The highest BCUT2D eigenvalue weighted by Crippen LogP contribution is 2.23. The lowest BCUT2D eigenvalue weighted by Crippen LogP contribution is -2.21. The minimum Gasteiger partial charge on any atom is -0.390 e. The summed E-state index contributed by atoms with van der Waals surface area (Å²) < 4.78 is 0. The van der Waals surface area contributed by atoms with Crippen LogP contribution in [0.3, 0.4) is 0 Å². The van der Waals surface area contributed by atoms with Crippen LogP contribution in [0.2, 0.25) is 0 Å². The minimum atomic E-state index is -0.715. The molecule has 3 nitrogen and oxygen atoms in total. The molecule has 0 aliphatic heterocycles.